The molecular weight excluding hydrogens is 627 g/mol. The van der Waals surface area contributed by atoms with Crippen molar-refractivity contribution >= 4 is 27.8 Å². The van der Waals surface area contributed by atoms with Gasteiger partial charge in [0.15, 0.2) is 0 Å². The van der Waals surface area contributed by atoms with Gasteiger partial charge >= 0.3 is 0 Å². The van der Waals surface area contributed by atoms with Crippen LogP contribution in [0.4, 0.5) is 17.1 Å². The molecule has 0 bridgehead atoms. The monoisotopic (exact) mass is 677 g/mol. The average molecular weight is 678 g/mol. The lowest BCUT2D eigenvalue weighted by Gasteiger charge is -2.51. The highest BCUT2D eigenvalue weighted by Crippen LogP contribution is 2.65. The second-order valence-electron chi connectivity index (χ2n) is 16.5. The molecule has 2 saturated carbocycles. The molecule has 260 valence electrons. The minimum Gasteiger partial charge on any atom is -0.310 e. The molecule has 2 atom stereocenters. The van der Waals surface area contributed by atoms with Crippen molar-refractivity contribution in [2.45, 2.75) is 89.4 Å². The fourth-order valence-corrected chi connectivity index (χ4v) is 12.2. The van der Waals surface area contributed by atoms with Crippen LogP contribution < -0.4 is 4.90 Å². The van der Waals surface area contributed by atoms with Crippen molar-refractivity contribution in [2.24, 2.45) is 17.8 Å². The molecule has 0 N–H and O–H groups in total. The highest BCUT2D eigenvalue weighted by Gasteiger charge is 2.55. The van der Waals surface area contributed by atoms with Crippen molar-refractivity contribution in [1.82, 2.24) is 0 Å². The van der Waals surface area contributed by atoms with Gasteiger partial charge in [-0.05, 0) is 123 Å². The predicted molar refractivity (Wildman–Crippen MR) is 220 cm³/mol. The zero-order valence-electron chi connectivity index (χ0n) is 31.2. The maximum atomic E-state index is 2.63. The maximum absolute atomic E-state index is 2.63. The summed E-state index contributed by atoms with van der Waals surface area (Å²) in [6.45, 7) is 7.35. The van der Waals surface area contributed by atoms with E-state index in [-0.39, 0.29) is 10.8 Å². The molecule has 0 aromatic heterocycles. The number of fused-ring (bicyclic) bond motifs is 11. The molecule has 1 heteroatoms. The third-order valence-electron chi connectivity index (χ3n) is 14.4. The zero-order valence-corrected chi connectivity index (χ0v) is 31.2. The van der Waals surface area contributed by atoms with E-state index in [0.29, 0.717) is 11.8 Å². The highest BCUT2D eigenvalue weighted by atomic mass is 15.1. The number of anilines is 3. The Kier molecular flexibility index (Phi) is 7.54. The molecule has 2 fully saturated rings. The van der Waals surface area contributed by atoms with E-state index >= 15 is 0 Å². The molecule has 2 unspecified atom stereocenters. The number of hydrogen-bond acceptors (Lipinski definition) is 1. The standard InChI is InChI=1S/C51H51N/c1-4-34-30-37(5-2)51(38(6-3)31-34)45-21-12-10-19-43(45)49-46(51)22-15-23-48(49)52(39-25-24-35-16-7-8-17-36(35)32-39)40-26-27-42-41-18-9-11-20-44(41)50(47(42)33-40)28-13-14-29-50/h7-12,15-27,32-34,37-38H,4-6,13-14,28-31H2,1-3H3. The van der Waals surface area contributed by atoms with Gasteiger partial charge in [0.2, 0.25) is 0 Å². The smallest absolute Gasteiger partial charge is 0.0543 e. The first-order valence-corrected chi connectivity index (χ1v) is 20.4. The van der Waals surface area contributed by atoms with E-state index < -0.39 is 0 Å². The summed E-state index contributed by atoms with van der Waals surface area (Å²) in [4.78, 5) is 2.63. The normalized spacial score (nSPS) is 23.5. The molecule has 6 aromatic carbocycles. The fraction of sp³-hybridized carbons (Fsp3) is 0.333. The van der Waals surface area contributed by atoms with Crippen LogP contribution in [-0.2, 0) is 10.8 Å². The van der Waals surface area contributed by atoms with Crippen LogP contribution in [0.2, 0.25) is 0 Å². The summed E-state index contributed by atoms with van der Waals surface area (Å²) in [7, 11) is 0. The van der Waals surface area contributed by atoms with Crippen LogP contribution in [-0.4, -0.2) is 0 Å². The SMILES string of the molecule is CCC1CC(CC)C2(c3ccccc3-c3c(N(c4ccc5c(c4)C4(CCCC4)c4ccccc4-5)c4ccc5ccccc5c4)cccc32)C(CC)C1. The summed E-state index contributed by atoms with van der Waals surface area (Å²) >= 11 is 0. The quantitative estimate of drug-likeness (QED) is 0.170. The van der Waals surface area contributed by atoms with Gasteiger partial charge in [-0.3, -0.25) is 0 Å². The van der Waals surface area contributed by atoms with Crippen LogP contribution in [0, 0.1) is 17.8 Å². The first kappa shape index (κ1) is 32.1. The van der Waals surface area contributed by atoms with Gasteiger partial charge in [0.05, 0.1) is 5.69 Å². The molecular formula is C51H51N. The molecule has 6 aromatic rings. The van der Waals surface area contributed by atoms with Gasteiger partial charge in [0, 0.05) is 27.8 Å². The van der Waals surface area contributed by atoms with E-state index in [1.54, 1.807) is 16.7 Å². The topological polar surface area (TPSA) is 3.24 Å². The molecule has 1 nitrogen and oxygen atoms in total. The Balaban J connectivity index is 1.24. The van der Waals surface area contributed by atoms with Gasteiger partial charge < -0.3 is 4.90 Å². The first-order chi connectivity index (χ1) is 25.6. The Hall–Kier alpha value is -4.62. The molecule has 52 heavy (non-hydrogen) atoms. The van der Waals surface area contributed by atoms with Crippen LogP contribution in [0.5, 0.6) is 0 Å². The zero-order chi connectivity index (χ0) is 35.0. The number of benzene rings is 6. The van der Waals surface area contributed by atoms with Gasteiger partial charge in [0.1, 0.15) is 0 Å². The van der Waals surface area contributed by atoms with Crippen molar-refractivity contribution in [3.63, 3.8) is 0 Å². The molecule has 4 aliphatic rings. The van der Waals surface area contributed by atoms with Crippen molar-refractivity contribution in [3.8, 4) is 22.3 Å². The fourth-order valence-electron chi connectivity index (χ4n) is 12.2. The van der Waals surface area contributed by atoms with E-state index in [9.17, 15) is 0 Å². The lowest BCUT2D eigenvalue weighted by molar-refractivity contribution is 0.0905. The summed E-state index contributed by atoms with van der Waals surface area (Å²) in [5.41, 5.74) is 16.0. The van der Waals surface area contributed by atoms with Gasteiger partial charge in [-0.1, -0.05) is 150 Å². The van der Waals surface area contributed by atoms with E-state index in [2.05, 4.69) is 153 Å². The van der Waals surface area contributed by atoms with Gasteiger partial charge in [-0.15, -0.1) is 0 Å². The minimum atomic E-state index is 0.0413. The van der Waals surface area contributed by atoms with E-state index in [0.717, 1.165) is 5.92 Å². The molecule has 0 aliphatic heterocycles. The van der Waals surface area contributed by atoms with Crippen LogP contribution in [0.1, 0.15) is 101 Å². The third-order valence-corrected chi connectivity index (χ3v) is 14.4. The molecule has 4 aliphatic carbocycles. The molecule has 2 spiro atoms. The van der Waals surface area contributed by atoms with Crippen LogP contribution >= 0.6 is 0 Å². The average Bonchev–Trinajstić information content (AvgIpc) is 3.89. The maximum Gasteiger partial charge on any atom is 0.0543 e. The molecule has 0 heterocycles. The summed E-state index contributed by atoms with van der Waals surface area (Å²) in [6.07, 6.45) is 11.4. The summed E-state index contributed by atoms with van der Waals surface area (Å²) in [5, 5.41) is 2.57. The second-order valence-corrected chi connectivity index (χ2v) is 16.5. The van der Waals surface area contributed by atoms with Crippen molar-refractivity contribution in [2.75, 3.05) is 4.90 Å². The summed E-state index contributed by atoms with van der Waals surface area (Å²) in [6, 6.07) is 49.6. The summed E-state index contributed by atoms with van der Waals surface area (Å²) in [5.74, 6) is 2.07. The minimum absolute atomic E-state index is 0.0413. The summed E-state index contributed by atoms with van der Waals surface area (Å²) < 4.78 is 0. The van der Waals surface area contributed by atoms with Gasteiger partial charge in [0.25, 0.3) is 0 Å². The van der Waals surface area contributed by atoms with Crippen molar-refractivity contribution < 1.29 is 0 Å². The third kappa shape index (κ3) is 4.35. The van der Waals surface area contributed by atoms with Crippen LogP contribution in [0.15, 0.2) is 127 Å². The van der Waals surface area contributed by atoms with E-state index in [1.807, 2.05) is 0 Å². The second kappa shape index (κ2) is 12.2. The number of nitrogens with zero attached hydrogens (tertiary/aromatic N) is 1. The van der Waals surface area contributed by atoms with Crippen LogP contribution in [0.25, 0.3) is 33.0 Å². The van der Waals surface area contributed by atoms with Crippen LogP contribution in [0.3, 0.4) is 0 Å². The molecule has 0 radical (unpaired) electrons. The Morgan fingerprint density at radius 2 is 1.13 bits per heavy atom. The van der Waals surface area contributed by atoms with E-state index in [4.69, 9.17) is 0 Å². The van der Waals surface area contributed by atoms with E-state index in [1.165, 1.54) is 113 Å². The highest BCUT2D eigenvalue weighted by molar-refractivity contribution is 5.98. The Bertz CT molecular complexity index is 2310. The largest absolute Gasteiger partial charge is 0.310 e. The van der Waals surface area contributed by atoms with Gasteiger partial charge in [-0.25, -0.2) is 0 Å². The molecule has 0 amide bonds. The van der Waals surface area contributed by atoms with Crippen molar-refractivity contribution in [1.29, 1.82) is 0 Å². The molecule has 10 rings (SSSR count). The number of hydrogen-bond donors (Lipinski definition) is 0. The Morgan fingerprint density at radius 1 is 0.519 bits per heavy atom. The Labute approximate surface area is 310 Å². The van der Waals surface area contributed by atoms with Gasteiger partial charge in [-0.2, -0.15) is 0 Å². The number of rotatable bonds is 6. The molecule has 0 saturated heterocycles. The lowest BCUT2D eigenvalue weighted by Crippen LogP contribution is -2.47. The van der Waals surface area contributed by atoms with Crippen molar-refractivity contribution in [3.05, 3.63) is 150 Å². The Morgan fingerprint density at radius 3 is 1.88 bits per heavy atom. The predicted octanol–water partition coefficient (Wildman–Crippen LogP) is 14.3. The first-order valence-electron chi connectivity index (χ1n) is 20.4. The lowest BCUT2D eigenvalue weighted by atomic mass is 9.52.